The molecule has 0 spiro atoms. The number of anilines is 1. The highest BCUT2D eigenvalue weighted by Gasteiger charge is 2.34. The van der Waals surface area contributed by atoms with Crippen LogP contribution in [0.1, 0.15) is 5.56 Å². The number of imide groups is 1. The van der Waals surface area contributed by atoms with Crippen molar-refractivity contribution in [3.63, 3.8) is 0 Å². The van der Waals surface area contributed by atoms with Crippen molar-refractivity contribution in [1.29, 1.82) is 0 Å². The molecule has 4 heteroatoms. The number of carbonyl (C=O) groups is 2. The van der Waals surface area contributed by atoms with Gasteiger partial charge in [-0.15, -0.1) is 0 Å². The zero-order valence-electron chi connectivity index (χ0n) is 10.4. The van der Waals surface area contributed by atoms with Gasteiger partial charge in [-0.3, -0.25) is 9.59 Å². The van der Waals surface area contributed by atoms with Crippen molar-refractivity contribution >= 4 is 23.1 Å². The van der Waals surface area contributed by atoms with Crippen LogP contribution in [0.3, 0.4) is 0 Å². The Bertz CT molecular complexity index is 722. The minimum absolute atomic E-state index is 0.0234. The van der Waals surface area contributed by atoms with Gasteiger partial charge in [-0.25, -0.2) is 9.29 Å². The van der Waals surface area contributed by atoms with Crippen LogP contribution < -0.4 is 4.90 Å². The summed E-state index contributed by atoms with van der Waals surface area (Å²) in [5, 5.41) is 0. The Morgan fingerprint density at radius 3 is 2.20 bits per heavy atom. The summed E-state index contributed by atoms with van der Waals surface area (Å²) in [6, 6.07) is 14.6. The van der Waals surface area contributed by atoms with Crippen LogP contribution in [0, 0.1) is 5.82 Å². The quantitative estimate of drug-likeness (QED) is 0.785. The fourth-order valence-electron chi connectivity index (χ4n) is 2.16. The van der Waals surface area contributed by atoms with Crippen molar-refractivity contribution in [1.82, 2.24) is 0 Å². The van der Waals surface area contributed by atoms with Gasteiger partial charge in [-0.1, -0.05) is 42.5 Å². The van der Waals surface area contributed by atoms with Crippen molar-refractivity contribution in [2.75, 3.05) is 4.90 Å². The Labute approximate surface area is 115 Å². The van der Waals surface area contributed by atoms with Crippen LogP contribution in [-0.4, -0.2) is 11.8 Å². The molecule has 1 aliphatic heterocycles. The van der Waals surface area contributed by atoms with E-state index in [1.807, 2.05) is 6.07 Å². The molecule has 3 rings (SSSR count). The fraction of sp³-hybridized carbons (Fsp3) is 0. The van der Waals surface area contributed by atoms with E-state index in [0.717, 1.165) is 4.90 Å². The summed E-state index contributed by atoms with van der Waals surface area (Å²) >= 11 is 0. The van der Waals surface area contributed by atoms with Crippen LogP contribution in [0.5, 0.6) is 0 Å². The molecule has 2 aromatic rings. The van der Waals surface area contributed by atoms with Crippen LogP contribution in [0.15, 0.2) is 60.7 Å². The van der Waals surface area contributed by atoms with E-state index in [1.54, 1.807) is 30.3 Å². The van der Waals surface area contributed by atoms with Gasteiger partial charge in [0.05, 0.1) is 11.3 Å². The number of rotatable bonds is 2. The van der Waals surface area contributed by atoms with Gasteiger partial charge in [0, 0.05) is 6.08 Å². The van der Waals surface area contributed by atoms with Gasteiger partial charge in [0.25, 0.3) is 11.8 Å². The van der Waals surface area contributed by atoms with E-state index >= 15 is 0 Å². The molecule has 0 fully saturated rings. The summed E-state index contributed by atoms with van der Waals surface area (Å²) < 4.78 is 13.7. The molecule has 1 heterocycles. The zero-order valence-corrected chi connectivity index (χ0v) is 10.4. The monoisotopic (exact) mass is 267 g/mol. The molecular weight excluding hydrogens is 257 g/mol. The predicted molar refractivity (Wildman–Crippen MR) is 73.3 cm³/mol. The van der Waals surface area contributed by atoms with E-state index in [0.29, 0.717) is 5.56 Å². The molecule has 0 unspecified atom stereocenters. The van der Waals surface area contributed by atoms with Crippen LogP contribution in [0.2, 0.25) is 0 Å². The highest BCUT2D eigenvalue weighted by molar-refractivity contribution is 6.43. The van der Waals surface area contributed by atoms with E-state index in [9.17, 15) is 14.0 Å². The van der Waals surface area contributed by atoms with Crippen molar-refractivity contribution in [2.45, 2.75) is 0 Å². The second-order valence-corrected chi connectivity index (χ2v) is 4.35. The maximum absolute atomic E-state index is 13.7. The first-order valence-electron chi connectivity index (χ1n) is 6.08. The van der Waals surface area contributed by atoms with E-state index in [-0.39, 0.29) is 11.3 Å². The Balaban J connectivity index is 2.02. The van der Waals surface area contributed by atoms with E-state index in [4.69, 9.17) is 0 Å². The molecule has 1 aliphatic rings. The lowest BCUT2D eigenvalue weighted by Gasteiger charge is -2.15. The smallest absolute Gasteiger partial charge is 0.266 e. The van der Waals surface area contributed by atoms with Gasteiger partial charge in [0.1, 0.15) is 5.82 Å². The lowest BCUT2D eigenvalue weighted by atomic mass is 10.1. The lowest BCUT2D eigenvalue weighted by Crippen LogP contribution is -2.31. The van der Waals surface area contributed by atoms with Crippen LogP contribution in [0.25, 0.3) is 5.57 Å². The molecule has 0 aromatic heterocycles. The molecule has 0 bridgehead atoms. The second kappa shape index (κ2) is 4.74. The van der Waals surface area contributed by atoms with E-state index in [2.05, 4.69) is 0 Å². The van der Waals surface area contributed by atoms with Gasteiger partial charge in [-0.05, 0) is 17.7 Å². The molecule has 0 atom stereocenters. The van der Waals surface area contributed by atoms with Crippen molar-refractivity contribution < 1.29 is 14.0 Å². The first-order valence-corrected chi connectivity index (χ1v) is 6.08. The molecule has 2 amide bonds. The summed E-state index contributed by atoms with van der Waals surface area (Å²) in [5.74, 6) is -1.64. The minimum Gasteiger partial charge on any atom is -0.269 e. The van der Waals surface area contributed by atoms with Crippen LogP contribution in [-0.2, 0) is 9.59 Å². The fourth-order valence-corrected chi connectivity index (χ4v) is 2.16. The summed E-state index contributed by atoms with van der Waals surface area (Å²) in [7, 11) is 0. The van der Waals surface area contributed by atoms with Crippen molar-refractivity contribution in [3.8, 4) is 0 Å². The summed E-state index contributed by atoms with van der Waals surface area (Å²) in [6.07, 6.45) is 1.24. The molecule has 0 N–H and O–H groups in total. The number of para-hydroxylation sites is 1. The highest BCUT2D eigenvalue weighted by Crippen LogP contribution is 2.29. The van der Waals surface area contributed by atoms with Crippen molar-refractivity contribution in [3.05, 3.63) is 72.1 Å². The summed E-state index contributed by atoms with van der Waals surface area (Å²) in [4.78, 5) is 25.2. The number of hydrogen-bond acceptors (Lipinski definition) is 2. The van der Waals surface area contributed by atoms with Gasteiger partial charge in [0.15, 0.2) is 0 Å². The first-order chi connectivity index (χ1) is 9.68. The Morgan fingerprint density at radius 1 is 0.850 bits per heavy atom. The predicted octanol–water partition coefficient (Wildman–Crippen LogP) is 2.78. The third-order valence-electron chi connectivity index (χ3n) is 3.10. The summed E-state index contributed by atoms with van der Waals surface area (Å²) in [5.41, 5.74) is 0.897. The van der Waals surface area contributed by atoms with Crippen LogP contribution >= 0.6 is 0 Å². The van der Waals surface area contributed by atoms with Gasteiger partial charge in [0.2, 0.25) is 0 Å². The molecule has 98 valence electrons. The number of halogens is 1. The zero-order chi connectivity index (χ0) is 14.1. The van der Waals surface area contributed by atoms with Gasteiger partial charge >= 0.3 is 0 Å². The Morgan fingerprint density at radius 2 is 1.50 bits per heavy atom. The van der Waals surface area contributed by atoms with Gasteiger partial charge < -0.3 is 0 Å². The SMILES string of the molecule is O=C1C=C(c2ccccc2)C(=O)N1c1ccccc1F. The standard InChI is InChI=1S/C16H10FNO2/c17-13-8-4-5-9-14(13)18-15(19)10-12(16(18)20)11-6-2-1-3-7-11/h1-10H. The molecule has 20 heavy (non-hydrogen) atoms. The average Bonchev–Trinajstić information content (AvgIpc) is 2.76. The normalized spacial score (nSPS) is 14.7. The molecule has 3 nitrogen and oxygen atoms in total. The number of nitrogens with zero attached hydrogens (tertiary/aromatic N) is 1. The summed E-state index contributed by atoms with van der Waals surface area (Å²) in [6.45, 7) is 0. The maximum atomic E-state index is 13.7. The van der Waals surface area contributed by atoms with Crippen molar-refractivity contribution in [2.24, 2.45) is 0 Å². The molecule has 0 saturated heterocycles. The molecule has 0 aliphatic carbocycles. The molecular formula is C16H10FNO2. The Hall–Kier alpha value is -2.75. The topological polar surface area (TPSA) is 37.4 Å². The molecule has 2 aromatic carbocycles. The number of carbonyl (C=O) groups excluding carboxylic acids is 2. The van der Waals surface area contributed by atoms with Crippen LogP contribution in [0.4, 0.5) is 10.1 Å². The number of amides is 2. The minimum atomic E-state index is -0.600. The number of hydrogen-bond donors (Lipinski definition) is 0. The largest absolute Gasteiger partial charge is 0.269 e. The highest BCUT2D eigenvalue weighted by atomic mass is 19.1. The van der Waals surface area contributed by atoms with E-state index in [1.165, 1.54) is 24.3 Å². The molecule has 0 saturated carbocycles. The first kappa shape index (κ1) is 12.3. The number of benzene rings is 2. The lowest BCUT2D eigenvalue weighted by molar-refractivity contribution is -0.119. The maximum Gasteiger partial charge on any atom is 0.266 e. The van der Waals surface area contributed by atoms with E-state index < -0.39 is 17.6 Å². The third kappa shape index (κ3) is 1.91. The third-order valence-corrected chi connectivity index (χ3v) is 3.10. The van der Waals surface area contributed by atoms with Gasteiger partial charge in [-0.2, -0.15) is 0 Å². The molecule has 0 radical (unpaired) electrons. The Kier molecular flexibility index (Phi) is 2.91. The second-order valence-electron chi connectivity index (χ2n) is 4.35. The average molecular weight is 267 g/mol.